The van der Waals surface area contributed by atoms with Crippen LogP contribution in [0.3, 0.4) is 0 Å². The van der Waals surface area contributed by atoms with E-state index in [4.69, 9.17) is 4.74 Å². The predicted molar refractivity (Wildman–Crippen MR) is 139 cm³/mol. The molecule has 0 aromatic carbocycles. The second-order valence-corrected chi connectivity index (χ2v) is 10.1. The number of rotatable bonds is 21. The van der Waals surface area contributed by atoms with Gasteiger partial charge in [-0.3, -0.25) is 14.4 Å². The molecule has 1 fully saturated rings. The second kappa shape index (κ2) is 18.4. The maximum absolute atomic E-state index is 13.4. The van der Waals surface area contributed by atoms with Crippen LogP contribution in [-0.4, -0.2) is 30.3 Å². The first-order chi connectivity index (χ1) is 16.4. The first-order valence-electron chi connectivity index (χ1n) is 13.7. The highest BCUT2D eigenvalue weighted by Gasteiger charge is 2.44. The quantitative estimate of drug-likeness (QED) is 0.0867. The Bertz CT molecular complexity index is 640. The van der Waals surface area contributed by atoms with Crippen LogP contribution in [0.4, 0.5) is 0 Å². The van der Waals surface area contributed by atoms with E-state index in [0.29, 0.717) is 31.6 Å². The summed E-state index contributed by atoms with van der Waals surface area (Å²) in [7, 11) is 0. The van der Waals surface area contributed by atoms with Crippen molar-refractivity contribution in [2.45, 2.75) is 123 Å². The molecule has 1 aliphatic heterocycles. The summed E-state index contributed by atoms with van der Waals surface area (Å²) in [6, 6.07) is -0.492. The third-order valence-corrected chi connectivity index (χ3v) is 6.63. The van der Waals surface area contributed by atoms with Gasteiger partial charge in [-0.2, -0.15) is 0 Å². The van der Waals surface area contributed by atoms with Crippen LogP contribution < -0.4 is 5.32 Å². The Morgan fingerprint density at radius 3 is 2.35 bits per heavy atom. The van der Waals surface area contributed by atoms with Crippen LogP contribution in [0.1, 0.15) is 111 Å². The van der Waals surface area contributed by atoms with Crippen molar-refractivity contribution in [2.75, 3.05) is 0 Å². The van der Waals surface area contributed by atoms with Gasteiger partial charge in [-0.1, -0.05) is 90.5 Å². The number of unbranched alkanes of at least 4 members (excludes halogenated alkanes) is 6. The smallest absolute Gasteiger partial charge is 0.313 e. The number of hydrogen-bond donors (Lipinski definition) is 1. The highest BCUT2D eigenvalue weighted by Crippen LogP contribution is 2.34. The van der Waals surface area contributed by atoms with Gasteiger partial charge in [0, 0.05) is 5.92 Å². The molecule has 0 unspecified atom stereocenters. The van der Waals surface area contributed by atoms with Crippen LogP contribution >= 0.6 is 0 Å². The number of carbonyl (C=O) groups is 3. The molecule has 0 bridgehead atoms. The highest BCUT2D eigenvalue weighted by molar-refractivity contribution is 5.88. The minimum Gasteiger partial charge on any atom is -0.461 e. The Labute approximate surface area is 208 Å². The fourth-order valence-corrected chi connectivity index (χ4v) is 4.58. The van der Waals surface area contributed by atoms with Crippen molar-refractivity contribution in [3.8, 4) is 0 Å². The third kappa shape index (κ3) is 12.0. The van der Waals surface area contributed by atoms with Crippen LogP contribution in [-0.2, 0) is 19.1 Å². The lowest BCUT2D eigenvalue weighted by molar-refractivity contribution is -0.187. The SMILES string of the molecule is CCCCC/C=C\C/C=C\C[C@@H](C[C@@H]1OC(=O)[C@H]1CCCCCC)C(=O)[C@H](CC(C)C)NC=O. The van der Waals surface area contributed by atoms with Crippen LogP contribution in [0.5, 0.6) is 0 Å². The number of Topliss-reactive ketones (excluding diaryl/α,β-unsaturated/α-hetero) is 1. The van der Waals surface area contributed by atoms with Gasteiger partial charge in [-0.15, -0.1) is 0 Å². The second-order valence-electron chi connectivity index (χ2n) is 10.1. The van der Waals surface area contributed by atoms with Crippen LogP contribution in [0.2, 0.25) is 0 Å². The van der Waals surface area contributed by atoms with Crippen molar-refractivity contribution in [3.63, 3.8) is 0 Å². The standard InChI is InChI=1S/C29H49NO4/c1-5-7-9-11-12-13-14-15-16-18-24(28(32)26(30-22-31)20-23(3)4)21-27-25(29(33)34-27)19-17-10-8-6-2/h12-13,15-16,22-27H,5-11,14,17-21H2,1-4H3,(H,30,31)/b13-12-,16-15-/t24-,25-,26-,27-/m0/s1. The number of nitrogens with one attached hydrogen (secondary N) is 1. The summed E-state index contributed by atoms with van der Waals surface area (Å²) in [6.45, 7) is 8.48. The van der Waals surface area contributed by atoms with Gasteiger partial charge < -0.3 is 10.1 Å². The van der Waals surface area contributed by atoms with E-state index in [9.17, 15) is 14.4 Å². The van der Waals surface area contributed by atoms with Crippen LogP contribution in [0.15, 0.2) is 24.3 Å². The molecule has 1 rings (SSSR count). The molecule has 5 heteroatoms. The summed E-state index contributed by atoms with van der Waals surface area (Å²) < 4.78 is 5.49. The van der Waals surface area contributed by atoms with Crippen LogP contribution in [0.25, 0.3) is 0 Å². The van der Waals surface area contributed by atoms with Gasteiger partial charge in [0.25, 0.3) is 0 Å². The largest absolute Gasteiger partial charge is 0.461 e. The van der Waals surface area contributed by atoms with Crippen molar-refractivity contribution >= 4 is 18.2 Å². The Balaban J connectivity index is 2.74. The molecule has 0 saturated carbocycles. The lowest BCUT2D eigenvalue weighted by Gasteiger charge is -2.37. The molecule has 0 aromatic rings. The first kappa shape index (κ1) is 30.1. The lowest BCUT2D eigenvalue weighted by atomic mass is 9.80. The number of allylic oxidation sites excluding steroid dienone is 4. The van der Waals surface area contributed by atoms with Gasteiger partial charge >= 0.3 is 5.97 Å². The molecule has 34 heavy (non-hydrogen) atoms. The van der Waals surface area contributed by atoms with Crippen LogP contribution in [0, 0.1) is 17.8 Å². The number of carbonyl (C=O) groups excluding carboxylic acids is 3. The fourth-order valence-electron chi connectivity index (χ4n) is 4.58. The molecular weight excluding hydrogens is 426 g/mol. The minimum absolute atomic E-state index is 0.0493. The number of ketones is 1. The molecule has 194 valence electrons. The summed E-state index contributed by atoms with van der Waals surface area (Å²) >= 11 is 0. The summed E-state index contributed by atoms with van der Waals surface area (Å²) in [5, 5.41) is 2.73. The fraction of sp³-hybridized carbons (Fsp3) is 0.759. The zero-order valence-electron chi connectivity index (χ0n) is 22.1. The number of hydrogen-bond acceptors (Lipinski definition) is 4. The van der Waals surface area contributed by atoms with E-state index in [-0.39, 0.29) is 29.7 Å². The van der Waals surface area contributed by atoms with E-state index < -0.39 is 6.04 Å². The van der Waals surface area contributed by atoms with E-state index in [0.717, 1.165) is 38.5 Å². The molecule has 1 heterocycles. The Kier molecular flexibility index (Phi) is 16.3. The number of amides is 1. The Hall–Kier alpha value is -1.91. The first-order valence-corrected chi connectivity index (χ1v) is 13.7. The van der Waals surface area contributed by atoms with E-state index in [1.54, 1.807) is 0 Å². The highest BCUT2D eigenvalue weighted by atomic mass is 16.6. The van der Waals surface area contributed by atoms with E-state index in [2.05, 4.69) is 57.3 Å². The minimum atomic E-state index is -0.492. The average Bonchev–Trinajstić information content (AvgIpc) is 2.80. The number of ether oxygens (including phenoxy) is 1. The molecular formula is C29H49NO4. The summed E-state index contributed by atoms with van der Waals surface area (Å²) in [5.74, 6) is -0.139. The molecule has 5 nitrogen and oxygen atoms in total. The lowest BCUT2D eigenvalue weighted by Crippen LogP contribution is -2.48. The topological polar surface area (TPSA) is 72.5 Å². The van der Waals surface area contributed by atoms with Crippen molar-refractivity contribution < 1.29 is 19.1 Å². The maximum atomic E-state index is 13.4. The molecule has 4 atom stereocenters. The van der Waals surface area contributed by atoms with Gasteiger partial charge in [-0.05, 0) is 50.9 Å². The summed E-state index contributed by atoms with van der Waals surface area (Å²) in [5.41, 5.74) is 0. The van der Waals surface area contributed by atoms with E-state index >= 15 is 0 Å². The summed E-state index contributed by atoms with van der Waals surface area (Å²) in [4.78, 5) is 36.6. The average molecular weight is 476 g/mol. The predicted octanol–water partition coefficient (Wildman–Crippen LogP) is 6.71. The summed E-state index contributed by atoms with van der Waals surface area (Å²) in [6.07, 6.45) is 21.8. The van der Waals surface area contributed by atoms with Gasteiger partial charge in [0.2, 0.25) is 6.41 Å². The Morgan fingerprint density at radius 2 is 1.71 bits per heavy atom. The van der Waals surface area contributed by atoms with Crippen molar-refractivity contribution in [1.82, 2.24) is 5.32 Å². The van der Waals surface area contributed by atoms with Crippen molar-refractivity contribution in [3.05, 3.63) is 24.3 Å². The molecule has 1 N–H and O–H groups in total. The number of esters is 1. The van der Waals surface area contributed by atoms with Gasteiger partial charge in [0.05, 0.1) is 12.0 Å². The maximum Gasteiger partial charge on any atom is 0.313 e. The molecule has 1 saturated heterocycles. The molecule has 0 spiro atoms. The van der Waals surface area contributed by atoms with Gasteiger partial charge in [0.1, 0.15) is 6.10 Å². The number of cyclic esters (lactones) is 1. The van der Waals surface area contributed by atoms with E-state index in [1.807, 2.05) is 0 Å². The molecule has 1 amide bonds. The molecule has 0 aliphatic carbocycles. The molecule has 0 aromatic heterocycles. The van der Waals surface area contributed by atoms with Gasteiger partial charge in [0.15, 0.2) is 5.78 Å². The van der Waals surface area contributed by atoms with Gasteiger partial charge in [-0.25, -0.2) is 0 Å². The van der Waals surface area contributed by atoms with E-state index in [1.165, 1.54) is 25.7 Å². The zero-order chi connectivity index (χ0) is 25.2. The monoisotopic (exact) mass is 475 g/mol. The molecule has 1 aliphatic rings. The van der Waals surface area contributed by atoms with Crippen molar-refractivity contribution in [2.24, 2.45) is 17.8 Å². The Morgan fingerprint density at radius 1 is 1.00 bits per heavy atom. The zero-order valence-corrected chi connectivity index (χ0v) is 22.1. The third-order valence-electron chi connectivity index (χ3n) is 6.63. The van der Waals surface area contributed by atoms with Crippen molar-refractivity contribution in [1.29, 1.82) is 0 Å². The normalized spacial score (nSPS) is 19.9. The molecule has 0 radical (unpaired) electrons.